The molecule has 5 aromatic rings. The van der Waals surface area contributed by atoms with Crippen molar-refractivity contribution in [2.45, 2.75) is 58.0 Å². The van der Waals surface area contributed by atoms with Gasteiger partial charge in [0, 0.05) is 25.7 Å². The molecule has 19 heteroatoms. The van der Waals surface area contributed by atoms with Crippen LogP contribution in [0.2, 0.25) is 0 Å². The van der Waals surface area contributed by atoms with Crippen molar-refractivity contribution < 1.29 is 53.8 Å². The Bertz CT molecular complexity index is 2060. The Morgan fingerprint density at radius 2 is 1.42 bits per heavy atom. The Morgan fingerprint density at radius 3 is 1.98 bits per heavy atom. The fourth-order valence-corrected chi connectivity index (χ4v) is 5.36. The molecule has 0 aliphatic rings. The number of rotatable bonds is 9. The number of nitrogens with zero attached hydrogens (tertiary/aromatic N) is 7. The van der Waals surface area contributed by atoms with E-state index in [2.05, 4.69) is 20.4 Å². The van der Waals surface area contributed by atoms with Crippen molar-refractivity contribution in [3.05, 3.63) is 82.4 Å². The molecule has 0 saturated heterocycles. The lowest BCUT2D eigenvalue weighted by Gasteiger charge is -2.23. The molecule has 278 valence electrons. The number of carbonyl (C=O) groups is 1. The largest absolute Gasteiger partial charge is 0.482 e. The number of fused-ring (bicyclic) bond motifs is 1. The van der Waals surface area contributed by atoms with Gasteiger partial charge in [0.1, 0.15) is 17.2 Å². The van der Waals surface area contributed by atoms with Gasteiger partial charge < -0.3 is 18.9 Å². The molecule has 0 aliphatic carbocycles. The number of aromatic nitrogens is 6. The molecule has 0 amide bonds. The first kappa shape index (κ1) is 37.9. The summed E-state index contributed by atoms with van der Waals surface area (Å²) in [5, 5.41) is 11.5. The van der Waals surface area contributed by atoms with Gasteiger partial charge >= 0.3 is 24.5 Å². The molecule has 0 radical (unpaired) electrons. The van der Waals surface area contributed by atoms with E-state index in [-0.39, 0.29) is 40.2 Å². The van der Waals surface area contributed by atoms with E-state index in [0.717, 1.165) is 21.8 Å². The zero-order chi connectivity index (χ0) is 38.4. The topological polar surface area (TPSA) is 100 Å². The van der Waals surface area contributed by atoms with Crippen molar-refractivity contribution in [3.8, 4) is 17.1 Å². The van der Waals surface area contributed by atoms with E-state index in [1.54, 1.807) is 39.0 Å². The standard InChI is InChI=1S/C33H30F9N7O3/c1-30(2,3)52-26(50)17-51-24-8-6-7-19(12-24)28-43-25-14-23(33(40,41)42)11-20(27(25)47(28)4)16-49(29-44-46-48(5)45-29)15-18-9-21(31(34,35)36)13-22(10-18)32(37,38)39/h6-14H,15-17H2,1-5H3. The Hall–Kier alpha value is -5.36. The van der Waals surface area contributed by atoms with Crippen LogP contribution in [0.4, 0.5) is 45.5 Å². The molecule has 0 saturated carbocycles. The molecule has 0 atom stereocenters. The van der Waals surface area contributed by atoms with E-state index in [0.29, 0.717) is 17.7 Å². The summed E-state index contributed by atoms with van der Waals surface area (Å²) < 4.78 is 137. The Balaban J connectivity index is 1.59. The summed E-state index contributed by atoms with van der Waals surface area (Å²) >= 11 is 0. The quantitative estimate of drug-likeness (QED) is 0.112. The van der Waals surface area contributed by atoms with E-state index in [1.165, 1.54) is 24.7 Å². The van der Waals surface area contributed by atoms with Crippen molar-refractivity contribution in [2.24, 2.45) is 14.1 Å². The van der Waals surface area contributed by atoms with Gasteiger partial charge in [-0.25, -0.2) is 9.78 Å². The van der Waals surface area contributed by atoms with E-state index in [4.69, 9.17) is 9.47 Å². The average molecular weight is 744 g/mol. The highest BCUT2D eigenvalue weighted by atomic mass is 19.4. The third-order valence-electron chi connectivity index (χ3n) is 7.41. The molecular formula is C33H30F9N7O3. The molecule has 0 spiro atoms. The lowest BCUT2D eigenvalue weighted by Crippen LogP contribution is -2.27. The number of imidazole rings is 1. The van der Waals surface area contributed by atoms with Gasteiger partial charge in [0.05, 0.1) is 34.8 Å². The monoisotopic (exact) mass is 743 g/mol. The molecular weight excluding hydrogens is 713 g/mol. The second-order valence-electron chi connectivity index (χ2n) is 12.7. The minimum absolute atomic E-state index is 0.0283. The number of benzene rings is 3. The predicted molar refractivity (Wildman–Crippen MR) is 168 cm³/mol. The Morgan fingerprint density at radius 1 is 0.808 bits per heavy atom. The van der Waals surface area contributed by atoms with Gasteiger partial charge in [0.2, 0.25) is 0 Å². The van der Waals surface area contributed by atoms with Crippen molar-refractivity contribution in [2.75, 3.05) is 11.5 Å². The lowest BCUT2D eigenvalue weighted by atomic mass is 10.0. The number of ether oxygens (including phenoxy) is 2. The van der Waals surface area contributed by atoms with Gasteiger partial charge in [-0.05, 0) is 79.6 Å². The second-order valence-corrected chi connectivity index (χ2v) is 12.7. The van der Waals surface area contributed by atoms with Gasteiger partial charge in [-0.3, -0.25) is 0 Å². The predicted octanol–water partition coefficient (Wildman–Crippen LogP) is 7.75. The number of hydrogen-bond donors (Lipinski definition) is 0. The lowest BCUT2D eigenvalue weighted by molar-refractivity contribution is -0.157. The number of alkyl halides is 9. The van der Waals surface area contributed by atoms with Crippen molar-refractivity contribution in [1.82, 2.24) is 29.8 Å². The molecule has 0 aliphatic heterocycles. The van der Waals surface area contributed by atoms with E-state index in [9.17, 15) is 44.3 Å². The summed E-state index contributed by atoms with van der Waals surface area (Å²) in [6, 6.07) is 8.87. The van der Waals surface area contributed by atoms with Gasteiger partial charge in [0.15, 0.2) is 6.61 Å². The van der Waals surface area contributed by atoms with Gasteiger partial charge in [-0.15, -0.1) is 5.10 Å². The van der Waals surface area contributed by atoms with Gasteiger partial charge in [-0.2, -0.15) is 44.3 Å². The van der Waals surface area contributed by atoms with Crippen LogP contribution in [0.15, 0.2) is 54.6 Å². The van der Waals surface area contributed by atoms with Gasteiger partial charge in [0.25, 0.3) is 5.95 Å². The minimum atomic E-state index is -5.14. The molecule has 52 heavy (non-hydrogen) atoms. The SMILES string of the molecule is Cn1nnc(N(Cc2cc(C(F)(F)F)cc(C(F)(F)F)c2)Cc2cc(C(F)(F)F)cc3nc(-c4cccc(OCC(=O)OC(C)(C)C)c4)n(C)c23)n1. The maximum absolute atomic E-state index is 14.2. The van der Waals surface area contributed by atoms with Crippen molar-refractivity contribution >= 4 is 23.0 Å². The first-order chi connectivity index (χ1) is 24.0. The fraction of sp³-hybridized carbons (Fsp3) is 0.364. The molecule has 0 fully saturated rings. The van der Waals surface area contributed by atoms with Crippen LogP contribution < -0.4 is 9.64 Å². The fourth-order valence-electron chi connectivity index (χ4n) is 5.36. The Kier molecular flexibility index (Phi) is 9.94. The summed E-state index contributed by atoms with van der Waals surface area (Å²) in [5.41, 5.74) is -5.09. The molecule has 2 heterocycles. The molecule has 10 nitrogen and oxygen atoms in total. The van der Waals surface area contributed by atoms with Gasteiger partial charge in [-0.1, -0.05) is 17.2 Å². The number of esters is 1. The summed E-state index contributed by atoms with van der Waals surface area (Å²) in [4.78, 5) is 18.7. The van der Waals surface area contributed by atoms with Crippen LogP contribution in [0.5, 0.6) is 5.75 Å². The second kappa shape index (κ2) is 13.6. The van der Waals surface area contributed by atoms with Crippen LogP contribution in [-0.2, 0) is 55.2 Å². The number of hydrogen-bond acceptors (Lipinski definition) is 8. The number of carbonyl (C=O) groups excluding carboxylic acids is 1. The van der Waals surface area contributed by atoms with E-state index in [1.807, 2.05) is 0 Å². The summed E-state index contributed by atoms with van der Waals surface area (Å²) in [5.74, 6) is -0.510. The van der Waals surface area contributed by atoms with Crippen LogP contribution in [0.25, 0.3) is 22.4 Å². The number of tetrazole rings is 1. The molecule has 2 aromatic heterocycles. The van der Waals surface area contributed by atoms with Crippen LogP contribution in [0.3, 0.4) is 0 Å². The maximum Gasteiger partial charge on any atom is 0.416 e. The third kappa shape index (κ3) is 8.92. The average Bonchev–Trinajstić information content (AvgIpc) is 3.60. The molecule has 0 N–H and O–H groups in total. The van der Waals surface area contributed by atoms with Crippen LogP contribution in [-0.4, -0.2) is 47.9 Å². The maximum atomic E-state index is 14.2. The number of halogens is 9. The normalized spacial score (nSPS) is 12.7. The highest BCUT2D eigenvalue weighted by molar-refractivity contribution is 5.85. The van der Waals surface area contributed by atoms with Crippen LogP contribution in [0.1, 0.15) is 48.6 Å². The number of aryl methyl sites for hydroxylation is 2. The highest BCUT2D eigenvalue weighted by Crippen LogP contribution is 2.38. The van der Waals surface area contributed by atoms with Crippen LogP contribution in [0, 0.1) is 0 Å². The van der Waals surface area contributed by atoms with E-state index >= 15 is 0 Å². The molecule has 0 bridgehead atoms. The summed E-state index contributed by atoms with van der Waals surface area (Å²) in [6.45, 7) is 3.43. The first-order valence-electron chi connectivity index (χ1n) is 15.3. The zero-order valence-electron chi connectivity index (χ0n) is 28.1. The smallest absolute Gasteiger partial charge is 0.416 e. The summed E-state index contributed by atoms with van der Waals surface area (Å²) in [6.07, 6.45) is -15.1. The molecule has 0 unspecified atom stereocenters. The highest BCUT2D eigenvalue weighted by Gasteiger charge is 2.37. The van der Waals surface area contributed by atoms with Crippen molar-refractivity contribution in [3.63, 3.8) is 0 Å². The zero-order valence-corrected chi connectivity index (χ0v) is 28.1. The number of anilines is 1. The first-order valence-corrected chi connectivity index (χ1v) is 15.3. The molecule has 5 rings (SSSR count). The molecule has 3 aromatic carbocycles. The summed E-state index contributed by atoms with van der Waals surface area (Å²) in [7, 11) is 2.87. The Labute approximate surface area is 289 Å². The van der Waals surface area contributed by atoms with Crippen molar-refractivity contribution in [1.29, 1.82) is 0 Å². The third-order valence-corrected chi connectivity index (χ3v) is 7.41. The van der Waals surface area contributed by atoms with E-state index < -0.39 is 72.0 Å². The minimum Gasteiger partial charge on any atom is -0.482 e. The van der Waals surface area contributed by atoms with Crippen LogP contribution >= 0.6 is 0 Å².